The van der Waals surface area contributed by atoms with E-state index in [1.54, 1.807) is 12.1 Å². The molecule has 2 rings (SSSR count). The van der Waals surface area contributed by atoms with Gasteiger partial charge in [0.1, 0.15) is 0 Å². The van der Waals surface area contributed by atoms with Gasteiger partial charge in [0.2, 0.25) is 7.37 Å². The lowest BCUT2D eigenvalue weighted by Crippen LogP contribution is -2.31. The second kappa shape index (κ2) is 10.8. The zero-order valence-corrected chi connectivity index (χ0v) is 18.6. The van der Waals surface area contributed by atoms with Crippen LogP contribution in [0.2, 0.25) is 10.0 Å². The Kier molecular flexibility index (Phi) is 9.01. The van der Waals surface area contributed by atoms with Crippen molar-refractivity contribution >= 4 is 30.6 Å². The summed E-state index contributed by atoms with van der Waals surface area (Å²) in [6.07, 6.45) is 0.233. The van der Waals surface area contributed by atoms with Crippen LogP contribution in [0.4, 0.5) is 0 Å². The number of hydrogen-bond donors (Lipinski definition) is 3. The van der Waals surface area contributed by atoms with Crippen LogP contribution in [0, 0.1) is 0 Å². The molecule has 0 fully saturated rings. The maximum absolute atomic E-state index is 12.9. The van der Waals surface area contributed by atoms with E-state index in [0.717, 1.165) is 11.1 Å². The van der Waals surface area contributed by atoms with Crippen LogP contribution < -0.4 is 5.32 Å². The lowest BCUT2D eigenvalue weighted by atomic mass is 10.1. The van der Waals surface area contributed by atoms with E-state index in [0.29, 0.717) is 23.0 Å². The summed E-state index contributed by atoms with van der Waals surface area (Å²) >= 11 is 12.0. The molecule has 0 bridgehead atoms. The average molecular weight is 444 g/mol. The van der Waals surface area contributed by atoms with Gasteiger partial charge in [0.15, 0.2) is 0 Å². The van der Waals surface area contributed by atoms with E-state index >= 15 is 0 Å². The molecule has 0 heterocycles. The fourth-order valence-corrected chi connectivity index (χ4v) is 5.64. The van der Waals surface area contributed by atoms with Crippen molar-refractivity contribution in [1.82, 2.24) is 5.32 Å². The second-order valence-electron chi connectivity index (χ2n) is 7.15. The smallest absolute Gasteiger partial charge is 0.207 e. The van der Waals surface area contributed by atoms with E-state index in [1.165, 1.54) is 0 Å². The molecule has 0 spiro atoms. The Bertz CT molecular complexity index is 803. The molecule has 4 atom stereocenters. The molecular formula is C21H28Cl2NO3P. The Morgan fingerprint density at radius 1 is 1.11 bits per heavy atom. The largest absolute Gasteiger partial charge is 0.392 e. The van der Waals surface area contributed by atoms with Crippen LogP contribution in [0.3, 0.4) is 0 Å². The van der Waals surface area contributed by atoms with Gasteiger partial charge in [-0.3, -0.25) is 4.57 Å². The molecule has 2 aromatic rings. The first-order valence-corrected chi connectivity index (χ1v) is 12.1. The standard InChI is InChI=1S/C21H28Cl2NO3P/c1-3-19(28(26,27)14-16-7-5-4-6-8-16)12-18(25)13-24-15(2)17-9-10-20(22)21(23)11-17/h4-11,15,18-19,24-25H,3,12-14H2,1-2H3,(H,26,27)/t15-,18+,19?/m1/s1. The molecule has 0 amide bonds. The minimum atomic E-state index is -3.42. The minimum Gasteiger partial charge on any atom is -0.392 e. The normalized spacial score (nSPS) is 16.9. The fourth-order valence-electron chi connectivity index (χ4n) is 3.20. The lowest BCUT2D eigenvalue weighted by Gasteiger charge is -2.25. The third kappa shape index (κ3) is 6.88. The molecule has 0 saturated heterocycles. The molecule has 0 saturated carbocycles. The number of aliphatic hydroxyl groups excluding tert-OH is 1. The van der Waals surface area contributed by atoms with Crippen molar-refractivity contribution in [2.75, 3.05) is 6.54 Å². The molecule has 4 nitrogen and oxygen atoms in total. The zero-order valence-electron chi connectivity index (χ0n) is 16.2. The van der Waals surface area contributed by atoms with Crippen molar-refractivity contribution in [3.05, 3.63) is 69.7 Å². The van der Waals surface area contributed by atoms with Crippen LogP contribution >= 0.6 is 30.6 Å². The highest BCUT2D eigenvalue weighted by Gasteiger charge is 2.31. The van der Waals surface area contributed by atoms with Gasteiger partial charge in [0, 0.05) is 24.4 Å². The summed E-state index contributed by atoms with van der Waals surface area (Å²) in [4.78, 5) is 10.6. The highest BCUT2D eigenvalue weighted by Crippen LogP contribution is 2.52. The molecule has 28 heavy (non-hydrogen) atoms. The van der Waals surface area contributed by atoms with Crippen molar-refractivity contribution < 1.29 is 14.6 Å². The maximum Gasteiger partial charge on any atom is 0.207 e. The van der Waals surface area contributed by atoms with Crippen LogP contribution in [-0.2, 0) is 10.7 Å². The van der Waals surface area contributed by atoms with Gasteiger partial charge in [-0.15, -0.1) is 0 Å². The summed E-state index contributed by atoms with van der Waals surface area (Å²) in [6, 6.07) is 14.7. The first kappa shape index (κ1) is 23.4. The number of aliphatic hydroxyl groups is 1. The number of rotatable bonds is 10. The zero-order chi connectivity index (χ0) is 20.7. The van der Waals surface area contributed by atoms with Crippen molar-refractivity contribution in [3.63, 3.8) is 0 Å². The third-order valence-corrected chi connectivity index (χ3v) is 8.22. The van der Waals surface area contributed by atoms with Crippen LogP contribution in [0.5, 0.6) is 0 Å². The molecular weight excluding hydrogens is 416 g/mol. The molecule has 2 unspecified atom stereocenters. The van der Waals surface area contributed by atoms with Crippen LogP contribution in [0.15, 0.2) is 48.5 Å². The molecule has 0 aliphatic carbocycles. The van der Waals surface area contributed by atoms with E-state index in [9.17, 15) is 14.6 Å². The summed E-state index contributed by atoms with van der Waals surface area (Å²) in [5, 5.41) is 14.7. The van der Waals surface area contributed by atoms with Gasteiger partial charge < -0.3 is 15.3 Å². The molecule has 3 N–H and O–H groups in total. The Morgan fingerprint density at radius 2 is 1.79 bits per heavy atom. The van der Waals surface area contributed by atoms with Gasteiger partial charge >= 0.3 is 0 Å². The van der Waals surface area contributed by atoms with Crippen molar-refractivity contribution in [2.45, 2.75) is 50.7 Å². The lowest BCUT2D eigenvalue weighted by molar-refractivity contribution is 0.154. The summed E-state index contributed by atoms with van der Waals surface area (Å²) in [6.45, 7) is 4.18. The SMILES string of the molecule is CCC(C[C@H](O)CN[C@H](C)c1ccc(Cl)c(Cl)c1)P(=O)(O)Cc1ccccc1. The number of halogens is 2. The van der Waals surface area contributed by atoms with Gasteiger partial charge in [-0.25, -0.2) is 0 Å². The van der Waals surface area contributed by atoms with E-state index in [4.69, 9.17) is 23.2 Å². The van der Waals surface area contributed by atoms with Crippen molar-refractivity contribution in [3.8, 4) is 0 Å². The molecule has 2 aromatic carbocycles. The van der Waals surface area contributed by atoms with Gasteiger partial charge in [-0.05, 0) is 43.0 Å². The predicted octanol–water partition coefficient (Wildman–Crippen LogP) is 5.64. The van der Waals surface area contributed by atoms with Crippen LogP contribution in [-0.4, -0.2) is 28.3 Å². The monoisotopic (exact) mass is 443 g/mol. The number of nitrogens with one attached hydrogen (secondary N) is 1. The summed E-state index contributed by atoms with van der Waals surface area (Å²) in [7, 11) is -3.42. The highest BCUT2D eigenvalue weighted by atomic mass is 35.5. The van der Waals surface area contributed by atoms with E-state index < -0.39 is 19.1 Å². The minimum absolute atomic E-state index is 0.0326. The molecule has 7 heteroatoms. The Balaban J connectivity index is 1.91. The van der Waals surface area contributed by atoms with E-state index in [2.05, 4.69) is 5.32 Å². The average Bonchev–Trinajstić information content (AvgIpc) is 2.66. The summed E-state index contributed by atoms with van der Waals surface area (Å²) in [5.41, 5.74) is 1.36. The number of benzene rings is 2. The second-order valence-corrected chi connectivity index (χ2v) is 10.5. The summed E-state index contributed by atoms with van der Waals surface area (Å²) < 4.78 is 12.9. The van der Waals surface area contributed by atoms with Crippen LogP contribution in [0.25, 0.3) is 0 Å². The quantitative estimate of drug-likeness (QED) is 0.415. The molecule has 0 aliphatic rings. The Morgan fingerprint density at radius 3 is 2.39 bits per heavy atom. The van der Waals surface area contributed by atoms with Gasteiger partial charge in [0.25, 0.3) is 0 Å². The first-order valence-electron chi connectivity index (χ1n) is 9.44. The van der Waals surface area contributed by atoms with Crippen molar-refractivity contribution in [1.29, 1.82) is 0 Å². The van der Waals surface area contributed by atoms with Crippen molar-refractivity contribution in [2.24, 2.45) is 0 Å². The fraction of sp³-hybridized carbons (Fsp3) is 0.429. The van der Waals surface area contributed by atoms with Crippen LogP contribution in [0.1, 0.15) is 43.9 Å². The maximum atomic E-state index is 12.9. The van der Waals surface area contributed by atoms with E-state index in [1.807, 2.05) is 50.2 Å². The molecule has 0 aliphatic heterocycles. The van der Waals surface area contributed by atoms with Gasteiger partial charge in [-0.2, -0.15) is 0 Å². The Labute approximate surface area is 177 Å². The molecule has 0 aromatic heterocycles. The first-order chi connectivity index (χ1) is 13.2. The topological polar surface area (TPSA) is 69.6 Å². The third-order valence-electron chi connectivity index (χ3n) is 4.94. The molecule has 0 radical (unpaired) electrons. The summed E-state index contributed by atoms with van der Waals surface area (Å²) in [5.74, 6) is 0. The van der Waals surface area contributed by atoms with Gasteiger partial charge in [-0.1, -0.05) is 66.5 Å². The highest BCUT2D eigenvalue weighted by molar-refractivity contribution is 7.57. The van der Waals surface area contributed by atoms with Gasteiger partial charge in [0.05, 0.1) is 16.1 Å². The Hall–Kier alpha value is -0.870. The number of hydrogen-bond acceptors (Lipinski definition) is 3. The molecule has 154 valence electrons. The predicted molar refractivity (Wildman–Crippen MR) is 118 cm³/mol. The van der Waals surface area contributed by atoms with E-state index in [-0.39, 0.29) is 18.6 Å².